The number of sulfone groups is 1. The van der Waals surface area contributed by atoms with Gasteiger partial charge in [-0.1, -0.05) is 0 Å². The van der Waals surface area contributed by atoms with Crippen molar-refractivity contribution in [3.05, 3.63) is 71.5 Å². The second kappa shape index (κ2) is 8.97. The highest BCUT2D eigenvalue weighted by molar-refractivity contribution is 7.99. The van der Waals surface area contributed by atoms with E-state index in [4.69, 9.17) is 0 Å². The molecule has 3 rings (SSSR count). The lowest BCUT2D eigenvalue weighted by atomic mass is 10.2. The molecule has 0 aliphatic rings. The second-order valence-electron chi connectivity index (χ2n) is 7.13. The Labute approximate surface area is 181 Å². The standard InChI is InChI=1S/C22H23N3O3S2/c1-14(2)30(27,28)20-11-5-17(6-12-20)21(26)25-18-7-9-19(10-8-18)29-22-23-15(3)13-16(4)24-22/h5-14H,1-4H3,(H,25,26). The zero-order chi connectivity index (χ0) is 21.9. The fourth-order valence-corrected chi connectivity index (χ4v) is 4.64. The molecular formula is C22H23N3O3S2. The van der Waals surface area contributed by atoms with E-state index in [1.165, 1.54) is 36.0 Å². The number of hydrogen-bond donors (Lipinski definition) is 1. The van der Waals surface area contributed by atoms with E-state index in [0.29, 0.717) is 16.4 Å². The first kappa shape index (κ1) is 22.0. The highest BCUT2D eigenvalue weighted by Crippen LogP contribution is 2.26. The summed E-state index contributed by atoms with van der Waals surface area (Å²) in [4.78, 5) is 22.5. The van der Waals surface area contributed by atoms with Gasteiger partial charge in [-0.2, -0.15) is 0 Å². The molecule has 0 radical (unpaired) electrons. The number of carbonyl (C=O) groups is 1. The quantitative estimate of drug-likeness (QED) is 0.559. The minimum atomic E-state index is -3.36. The van der Waals surface area contributed by atoms with Crippen molar-refractivity contribution in [2.45, 2.75) is 47.9 Å². The first-order valence-corrected chi connectivity index (χ1v) is 11.8. The van der Waals surface area contributed by atoms with Gasteiger partial charge in [0.15, 0.2) is 15.0 Å². The van der Waals surface area contributed by atoms with Crippen LogP contribution in [0.25, 0.3) is 0 Å². The van der Waals surface area contributed by atoms with E-state index in [2.05, 4.69) is 15.3 Å². The number of benzene rings is 2. The normalized spacial score (nSPS) is 11.5. The largest absolute Gasteiger partial charge is 0.322 e. The van der Waals surface area contributed by atoms with Gasteiger partial charge in [-0.15, -0.1) is 0 Å². The minimum Gasteiger partial charge on any atom is -0.322 e. The number of hydrogen-bond acceptors (Lipinski definition) is 6. The summed E-state index contributed by atoms with van der Waals surface area (Å²) >= 11 is 1.45. The fourth-order valence-electron chi connectivity index (χ4n) is 2.72. The number of rotatable bonds is 6. The van der Waals surface area contributed by atoms with E-state index in [1.807, 2.05) is 32.0 Å². The van der Waals surface area contributed by atoms with Gasteiger partial charge in [-0.05, 0) is 94.1 Å². The Balaban J connectivity index is 1.67. The molecule has 0 bridgehead atoms. The summed E-state index contributed by atoms with van der Waals surface area (Å²) in [6.07, 6.45) is 0. The van der Waals surface area contributed by atoms with E-state index in [1.54, 1.807) is 26.0 Å². The average molecular weight is 442 g/mol. The highest BCUT2D eigenvalue weighted by Gasteiger charge is 2.19. The van der Waals surface area contributed by atoms with Gasteiger partial charge in [0.1, 0.15) is 0 Å². The van der Waals surface area contributed by atoms with Gasteiger partial charge in [0.05, 0.1) is 10.1 Å². The fraction of sp³-hybridized carbons (Fsp3) is 0.227. The van der Waals surface area contributed by atoms with Gasteiger partial charge in [0.2, 0.25) is 0 Å². The zero-order valence-corrected chi connectivity index (χ0v) is 18.8. The topological polar surface area (TPSA) is 89.0 Å². The molecule has 0 saturated heterocycles. The molecule has 0 atom stereocenters. The summed E-state index contributed by atoms with van der Waals surface area (Å²) in [7, 11) is -3.36. The molecule has 8 heteroatoms. The molecule has 6 nitrogen and oxygen atoms in total. The van der Waals surface area contributed by atoms with Crippen molar-refractivity contribution in [3.8, 4) is 0 Å². The molecule has 2 aromatic carbocycles. The van der Waals surface area contributed by atoms with Gasteiger partial charge >= 0.3 is 0 Å². The molecule has 1 N–H and O–H groups in total. The summed E-state index contributed by atoms with van der Waals surface area (Å²) in [5.41, 5.74) is 2.87. The Morgan fingerprint density at radius 3 is 2.03 bits per heavy atom. The monoisotopic (exact) mass is 441 g/mol. The molecule has 30 heavy (non-hydrogen) atoms. The molecule has 0 saturated carbocycles. The Morgan fingerprint density at radius 2 is 1.50 bits per heavy atom. The second-order valence-corrected chi connectivity index (χ2v) is 10.7. The maximum absolute atomic E-state index is 12.5. The molecule has 1 aromatic heterocycles. The molecule has 3 aromatic rings. The van der Waals surface area contributed by atoms with Crippen LogP contribution in [-0.2, 0) is 9.84 Å². The SMILES string of the molecule is Cc1cc(C)nc(Sc2ccc(NC(=O)c3ccc(S(=O)(=O)C(C)C)cc3)cc2)n1. The summed E-state index contributed by atoms with van der Waals surface area (Å²) in [6, 6.07) is 15.3. The smallest absolute Gasteiger partial charge is 0.255 e. The Bertz CT molecular complexity index is 1140. The van der Waals surface area contributed by atoms with Crippen molar-refractivity contribution in [1.29, 1.82) is 0 Å². The average Bonchev–Trinajstić information content (AvgIpc) is 2.68. The number of aryl methyl sites for hydroxylation is 2. The third-order valence-corrected chi connectivity index (χ3v) is 7.39. The van der Waals surface area contributed by atoms with Gasteiger partial charge in [-0.3, -0.25) is 4.79 Å². The maximum atomic E-state index is 12.5. The van der Waals surface area contributed by atoms with Crippen LogP contribution >= 0.6 is 11.8 Å². The van der Waals surface area contributed by atoms with Crippen LogP contribution < -0.4 is 5.32 Å². The van der Waals surface area contributed by atoms with Crippen LogP contribution in [0, 0.1) is 13.8 Å². The molecule has 0 fully saturated rings. The predicted octanol–water partition coefficient (Wildman–Crippen LogP) is 4.68. The van der Waals surface area contributed by atoms with Crippen LogP contribution in [0.15, 0.2) is 69.5 Å². The molecule has 0 spiro atoms. The van der Waals surface area contributed by atoms with E-state index in [9.17, 15) is 13.2 Å². The minimum absolute atomic E-state index is 0.212. The molecule has 0 unspecified atom stereocenters. The lowest BCUT2D eigenvalue weighted by molar-refractivity contribution is 0.102. The van der Waals surface area contributed by atoms with Crippen LogP contribution in [0.1, 0.15) is 35.6 Å². The van der Waals surface area contributed by atoms with Crippen molar-refractivity contribution in [2.75, 3.05) is 5.32 Å². The van der Waals surface area contributed by atoms with Gasteiger partial charge < -0.3 is 5.32 Å². The van der Waals surface area contributed by atoms with Gasteiger partial charge in [-0.25, -0.2) is 18.4 Å². The molecule has 0 aliphatic heterocycles. The first-order valence-electron chi connectivity index (χ1n) is 9.40. The number of anilines is 1. The molecule has 1 amide bonds. The lowest BCUT2D eigenvalue weighted by Gasteiger charge is -2.09. The molecule has 156 valence electrons. The van der Waals surface area contributed by atoms with Crippen LogP contribution in [0.4, 0.5) is 5.69 Å². The van der Waals surface area contributed by atoms with Gasteiger partial charge in [0.25, 0.3) is 5.91 Å². The van der Waals surface area contributed by atoms with E-state index >= 15 is 0 Å². The van der Waals surface area contributed by atoms with E-state index < -0.39 is 15.1 Å². The van der Waals surface area contributed by atoms with Crippen LogP contribution in [0.5, 0.6) is 0 Å². The predicted molar refractivity (Wildman–Crippen MR) is 119 cm³/mol. The van der Waals surface area contributed by atoms with Crippen LogP contribution in [0.2, 0.25) is 0 Å². The van der Waals surface area contributed by atoms with E-state index in [0.717, 1.165) is 16.3 Å². The Morgan fingerprint density at radius 1 is 0.933 bits per heavy atom. The molecule has 0 aliphatic carbocycles. The summed E-state index contributed by atoms with van der Waals surface area (Å²) in [5.74, 6) is -0.304. The maximum Gasteiger partial charge on any atom is 0.255 e. The van der Waals surface area contributed by atoms with Crippen molar-refractivity contribution in [3.63, 3.8) is 0 Å². The van der Waals surface area contributed by atoms with Crippen LogP contribution in [-0.4, -0.2) is 29.5 Å². The van der Waals surface area contributed by atoms with Crippen LogP contribution in [0.3, 0.4) is 0 Å². The summed E-state index contributed by atoms with van der Waals surface area (Å²) in [6.45, 7) is 7.12. The zero-order valence-electron chi connectivity index (χ0n) is 17.2. The van der Waals surface area contributed by atoms with Crippen molar-refractivity contribution in [1.82, 2.24) is 9.97 Å². The molecule has 1 heterocycles. The van der Waals surface area contributed by atoms with Crippen molar-refractivity contribution < 1.29 is 13.2 Å². The highest BCUT2D eigenvalue weighted by atomic mass is 32.2. The third kappa shape index (κ3) is 5.25. The number of nitrogens with zero attached hydrogens (tertiary/aromatic N) is 2. The van der Waals surface area contributed by atoms with Crippen molar-refractivity contribution in [2.24, 2.45) is 0 Å². The number of nitrogens with one attached hydrogen (secondary N) is 1. The first-order chi connectivity index (χ1) is 14.1. The third-order valence-electron chi connectivity index (χ3n) is 4.35. The summed E-state index contributed by atoms with van der Waals surface area (Å²) < 4.78 is 24.4. The van der Waals surface area contributed by atoms with Gasteiger partial charge in [0, 0.05) is 27.5 Å². The number of carbonyl (C=O) groups excluding carboxylic acids is 1. The Hall–Kier alpha value is -2.71. The summed E-state index contributed by atoms with van der Waals surface area (Å²) in [5, 5.41) is 2.99. The van der Waals surface area contributed by atoms with Crippen molar-refractivity contribution >= 4 is 33.2 Å². The lowest BCUT2D eigenvalue weighted by Crippen LogP contribution is -2.15. The number of amides is 1. The Kier molecular flexibility index (Phi) is 6.58. The molecular weight excluding hydrogens is 418 g/mol. The number of aromatic nitrogens is 2. The van der Waals surface area contributed by atoms with E-state index in [-0.39, 0.29) is 10.8 Å².